The third-order valence-electron chi connectivity index (χ3n) is 2.99. The Morgan fingerprint density at radius 2 is 2.15 bits per heavy atom. The van der Waals surface area contributed by atoms with Crippen molar-refractivity contribution in [1.82, 2.24) is 4.90 Å². The third kappa shape index (κ3) is 4.90. The van der Waals surface area contributed by atoms with Gasteiger partial charge in [-0.15, -0.1) is 0 Å². The number of benzene rings is 1. The summed E-state index contributed by atoms with van der Waals surface area (Å²) in [5, 5.41) is 8.71. The van der Waals surface area contributed by atoms with E-state index in [2.05, 4.69) is 24.8 Å². The maximum atomic E-state index is 11.1. The van der Waals surface area contributed by atoms with E-state index in [0.717, 1.165) is 12.1 Å². The summed E-state index contributed by atoms with van der Waals surface area (Å²) in [6.07, 6.45) is 0.492. The molecule has 0 aromatic heterocycles. The minimum absolute atomic E-state index is 0.415. The number of nitriles is 1. The highest BCUT2D eigenvalue weighted by atomic mass is 16.1. The van der Waals surface area contributed by atoms with Gasteiger partial charge in [0.15, 0.2) is 0 Å². The van der Waals surface area contributed by atoms with Gasteiger partial charge >= 0.3 is 0 Å². The van der Waals surface area contributed by atoms with Crippen molar-refractivity contribution in [1.29, 1.82) is 5.26 Å². The van der Waals surface area contributed by atoms with Gasteiger partial charge in [-0.3, -0.25) is 9.69 Å². The van der Waals surface area contributed by atoms with E-state index in [-0.39, 0.29) is 0 Å². The molecule has 5 nitrogen and oxygen atoms in total. The van der Waals surface area contributed by atoms with E-state index in [1.165, 1.54) is 0 Å². The molecule has 0 bridgehead atoms. The SMILES string of the molecule is CC(C)CN(CCC#N)Cc1ccc(C(N)=O)cc1N. The zero-order valence-electron chi connectivity index (χ0n) is 12.1. The predicted octanol–water partition coefficient (Wildman–Crippen LogP) is 1.74. The summed E-state index contributed by atoms with van der Waals surface area (Å²) in [6.45, 7) is 6.56. The molecule has 1 rings (SSSR count). The lowest BCUT2D eigenvalue weighted by Crippen LogP contribution is -2.28. The van der Waals surface area contributed by atoms with Gasteiger partial charge in [0.1, 0.15) is 0 Å². The van der Waals surface area contributed by atoms with E-state index < -0.39 is 5.91 Å². The Balaban J connectivity index is 2.82. The second-order valence-electron chi connectivity index (χ2n) is 5.31. The number of primary amides is 1. The van der Waals surface area contributed by atoms with Gasteiger partial charge in [-0.05, 0) is 23.6 Å². The van der Waals surface area contributed by atoms with E-state index >= 15 is 0 Å². The average Bonchev–Trinajstić information content (AvgIpc) is 2.37. The van der Waals surface area contributed by atoms with Crippen LogP contribution in [0, 0.1) is 17.2 Å². The van der Waals surface area contributed by atoms with Crippen molar-refractivity contribution in [2.75, 3.05) is 18.8 Å². The Morgan fingerprint density at radius 1 is 1.45 bits per heavy atom. The average molecular weight is 274 g/mol. The molecule has 1 amide bonds. The third-order valence-corrected chi connectivity index (χ3v) is 2.99. The number of nitrogens with two attached hydrogens (primary N) is 2. The number of anilines is 1. The van der Waals surface area contributed by atoms with Gasteiger partial charge in [0.2, 0.25) is 5.91 Å². The highest BCUT2D eigenvalue weighted by Gasteiger charge is 2.11. The van der Waals surface area contributed by atoms with Crippen LogP contribution in [0.2, 0.25) is 0 Å². The molecule has 0 spiro atoms. The molecule has 0 fully saturated rings. The Morgan fingerprint density at radius 3 is 2.65 bits per heavy atom. The molecular weight excluding hydrogens is 252 g/mol. The fourth-order valence-electron chi connectivity index (χ4n) is 2.09. The minimum Gasteiger partial charge on any atom is -0.398 e. The van der Waals surface area contributed by atoms with Crippen LogP contribution in [0.15, 0.2) is 18.2 Å². The summed E-state index contributed by atoms with van der Waals surface area (Å²) in [5.41, 5.74) is 13.1. The van der Waals surface area contributed by atoms with Crippen LogP contribution in [0.25, 0.3) is 0 Å². The van der Waals surface area contributed by atoms with Crippen molar-refractivity contribution in [3.05, 3.63) is 29.3 Å². The fraction of sp³-hybridized carbons (Fsp3) is 0.467. The molecule has 0 aliphatic heterocycles. The molecule has 0 saturated heterocycles. The first-order valence-corrected chi connectivity index (χ1v) is 6.71. The molecule has 0 radical (unpaired) electrons. The molecule has 0 aliphatic rings. The number of hydrogen-bond acceptors (Lipinski definition) is 4. The molecule has 0 atom stereocenters. The van der Waals surface area contributed by atoms with Gasteiger partial charge < -0.3 is 11.5 Å². The van der Waals surface area contributed by atoms with Crippen LogP contribution < -0.4 is 11.5 Å². The zero-order valence-corrected chi connectivity index (χ0v) is 12.1. The van der Waals surface area contributed by atoms with E-state index in [4.69, 9.17) is 16.7 Å². The fourth-order valence-corrected chi connectivity index (χ4v) is 2.09. The Bertz CT molecular complexity index is 505. The first-order chi connectivity index (χ1) is 9.43. The normalized spacial score (nSPS) is 10.8. The number of nitrogen functional groups attached to an aromatic ring is 1. The maximum Gasteiger partial charge on any atom is 0.248 e. The summed E-state index contributed by atoms with van der Waals surface area (Å²) in [6, 6.07) is 7.28. The Hall–Kier alpha value is -2.06. The number of carbonyl (C=O) groups is 1. The van der Waals surface area contributed by atoms with Gasteiger partial charge in [-0.25, -0.2) is 0 Å². The van der Waals surface area contributed by atoms with Crippen molar-refractivity contribution in [2.24, 2.45) is 11.7 Å². The van der Waals surface area contributed by atoms with E-state index in [9.17, 15) is 4.79 Å². The summed E-state index contributed by atoms with van der Waals surface area (Å²) in [7, 11) is 0. The standard InChI is InChI=1S/C15H22N4O/c1-11(2)9-19(7-3-6-16)10-13-5-4-12(15(18)20)8-14(13)17/h4-5,8,11H,3,7,9-10,17H2,1-2H3,(H2,18,20). The van der Waals surface area contributed by atoms with Gasteiger partial charge in [0, 0.05) is 37.3 Å². The van der Waals surface area contributed by atoms with E-state index in [0.29, 0.717) is 36.7 Å². The molecule has 0 saturated carbocycles. The first-order valence-electron chi connectivity index (χ1n) is 6.71. The topological polar surface area (TPSA) is 96.1 Å². The first kappa shape index (κ1) is 16.0. The number of carbonyl (C=O) groups excluding carboxylic acids is 1. The van der Waals surface area contributed by atoms with Crippen molar-refractivity contribution in [3.63, 3.8) is 0 Å². The van der Waals surface area contributed by atoms with Gasteiger partial charge in [0.05, 0.1) is 6.07 Å². The van der Waals surface area contributed by atoms with E-state index in [1.54, 1.807) is 12.1 Å². The highest BCUT2D eigenvalue weighted by molar-refractivity contribution is 5.93. The van der Waals surface area contributed by atoms with Crippen LogP contribution in [-0.2, 0) is 6.54 Å². The quantitative estimate of drug-likeness (QED) is 0.740. The van der Waals surface area contributed by atoms with Crippen molar-refractivity contribution >= 4 is 11.6 Å². The summed E-state index contributed by atoms with van der Waals surface area (Å²) >= 11 is 0. The lowest BCUT2D eigenvalue weighted by atomic mass is 10.1. The zero-order chi connectivity index (χ0) is 15.1. The molecular formula is C15H22N4O. The maximum absolute atomic E-state index is 11.1. The number of nitrogens with zero attached hydrogens (tertiary/aromatic N) is 2. The molecule has 1 aromatic carbocycles. The molecule has 0 unspecified atom stereocenters. The minimum atomic E-state index is -0.480. The number of amides is 1. The number of hydrogen-bond donors (Lipinski definition) is 2. The van der Waals surface area contributed by atoms with Crippen LogP contribution in [0.4, 0.5) is 5.69 Å². The largest absolute Gasteiger partial charge is 0.398 e. The van der Waals surface area contributed by atoms with Crippen LogP contribution in [0.3, 0.4) is 0 Å². The Labute approximate surface area is 120 Å². The van der Waals surface area contributed by atoms with Crippen LogP contribution >= 0.6 is 0 Å². The molecule has 0 aliphatic carbocycles. The van der Waals surface area contributed by atoms with Crippen molar-refractivity contribution < 1.29 is 4.79 Å². The van der Waals surface area contributed by atoms with Crippen LogP contribution in [-0.4, -0.2) is 23.9 Å². The summed E-state index contributed by atoms with van der Waals surface area (Å²) in [4.78, 5) is 13.3. The lowest BCUT2D eigenvalue weighted by molar-refractivity contribution is 0.100. The van der Waals surface area contributed by atoms with Crippen LogP contribution in [0.5, 0.6) is 0 Å². The smallest absolute Gasteiger partial charge is 0.248 e. The van der Waals surface area contributed by atoms with Gasteiger partial charge in [-0.1, -0.05) is 19.9 Å². The molecule has 0 heterocycles. The van der Waals surface area contributed by atoms with Crippen LogP contribution in [0.1, 0.15) is 36.2 Å². The second-order valence-corrected chi connectivity index (χ2v) is 5.31. The molecule has 1 aromatic rings. The predicted molar refractivity (Wildman–Crippen MR) is 79.7 cm³/mol. The monoisotopic (exact) mass is 274 g/mol. The number of rotatable bonds is 7. The van der Waals surface area contributed by atoms with Crippen molar-refractivity contribution in [3.8, 4) is 6.07 Å². The highest BCUT2D eigenvalue weighted by Crippen LogP contribution is 2.17. The van der Waals surface area contributed by atoms with Crippen molar-refractivity contribution in [2.45, 2.75) is 26.8 Å². The molecule has 4 N–H and O–H groups in total. The summed E-state index contributed by atoms with van der Waals surface area (Å²) in [5.74, 6) is 0.0339. The second kappa shape index (κ2) is 7.51. The van der Waals surface area contributed by atoms with Gasteiger partial charge in [0.25, 0.3) is 0 Å². The molecule has 108 valence electrons. The molecule has 5 heteroatoms. The van der Waals surface area contributed by atoms with E-state index in [1.807, 2.05) is 6.07 Å². The Kier molecular flexibility index (Phi) is 6.01. The summed E-state index contributed by atoms with van der Waals surface area (Å²) < 4.78 is 0. The van der Waals surface area contributed by atoms with Gasteiger partial charge in [-0.2, -0.15) is 5.26 Å². The molecule has 20 heavy (non-hydrogen) atoms. The lowest BCUT2D eigenvalue weighted by Gasteiger charge is -2.24.